The Balaban J connectivity index is 3.58. The zero-order valence-electron chi connectivity index (χ0n) is 4.26. The molecule has 3 nitrogen and oxygen atoms in total. The quantitative estimate of drug-likeness (QED) is 0.433. The standard InChI is InChI=1S/C4H9N3/c1-7-3-4(6)2-5/h2-3H,5-6H2,1H3. The minimum Gasteiger partial charge on any atom is -0.403 e. The summed E-state index contributed by atoms with van der Waals surface area (Å²) < 4.78 is 0. The Morgan fingerprint density at radius 3 is 2.43 bits per heavy atom. The predicted molar refractivity (Wildman–Crippen MR) is 30.9 cm³/mol. The second kappa shape index (κ2) is 3.21. The minimum absolute atomic E-state index is 0.488. The Kier molecular flexibility index (Phi) is 2.76. The molecule has 3 heteroatoms. The van der Waals surface area contributed by atoms with Crippen molar-refractivity contribution in [3.8, 4) is 0 Å². The molecule has 0 saturated heterocycles. The molecular weight excluding hydrogens is 90.1 g/mol. The van der Waals surface area contributed by atoms with Crippen molar-refractivity contribution in [2.24, 2.45) is 16.5 Å². The van der Waals surface area contributed by atoms with Gasteiger partial charge in [0.05, 0.1) is 5.70 Å². The lowest BCUT2D eigenvalue weighted by Gasteiger charge is -1.82. The van der Waals surface area contributed by atoms with Crippen molar-refractivity contribution in [1.82, 2.24) is 0 Å². The van der Waals surface area contributed by atoms with E-state index in [0.29, 0.717) is 5.70 Å². The van der Waals surface area contributed by atoms with Gasteiger partial charge in [-0.15, -0.1) is 0 Å². The Hall–Kier alpha value is -0.990. The molecule has 0 aromatic heterocycles. The second-order valence-corrected chi connectivity index (χ2v) is 1.05. The second-order valence-electron chi connectivity index (χ2n) is 1.05. The monoisotopic (exact) mass is 99.1 g/mol. The van der Waals surface area contributed by atoms with Crippen LogP contribution in [0.5, 0.6) is 0 Å². The molecular formula is C4H9N3. The maximum absolute atomic E-state index is 5.17. The molecule has 0 saturated carbocycles. The summed E-state index contributed by atoms with van der Waals surface area (Å²) in [4.78, 5) is 3.61. The summed E-state index contributed by atoms with van der Waals surface area (Å²) in [7, 11) is 1.64. The SMILES string of the molecule is CN=CC(N)=CN. The zero-order valence-corrected chi connectivity index (χ0v) is 4.26. The maximum atomic E-state index is 5.17. The molecule has 0 rings (SSSR count). The number of nitrogens with two attached hydrogens (primary N) is 2. The fourth-order valence-corrected chi connectivity index (χ4v) is 0.192. The number of aliphatic imine (C=N–C) groups is 1. The van der Waals surface area contributed by atoms with E-state index in [1.807, 2.05) is 0 Å². The van der Waals surface area contributed by atoms with Crippen molar-refractivity contribution in [2.45, 2.75) is 0 Å². The average Bonchev–Trinajstić information content (AvgIpc) is 1.68. The van der Waals surface area contributed by atoms with E-state index in [-0.39, 0.29) is 0 Å². The van der Waals surface area contributed by atoms with Crippen LogP contribution in [0.2, 0.25) is 0 Å². The molecule has 0 unspecified atom stereocenters. The third-order valence-corrected chi connectivity index (χ3v) is 0.471. The lowest BCUT2D eigenvalue weighted by molar-refractivity contribution is 1.38. The average molecular weight is 99.1 g/mol. The first-order valence-electron chi connectivity index (χ1n) is 1.90. The smallest absolute Gasteiger partial charge is 0.0652 e. The first kappa shape index (κ1) is 6.01. The molecule has 4 N–H and O–H groups in total. The number of hydrogen-bond acceptors (Lipinski definition) is 3. The van der Waals surface area contributed by atoms with Crippen LogP contribution < -0.4 is 11.5 Å². The highest BCUT2D eigenvalue weighted by Gasteiger charge is 1.71. The Morgan fingerprint density at radius 1 is 1.71 bits per heavy atom. The van der Waals surface area contributed by atoms with Crippen LogP contribution in [0, 0.1) is 0 Å². The van der Waals surface area contributed by atoms with Crippen molar-refractivity contribution in [3.63, 3.8) is 0 Å². The summed E-state index contributed by atoms with van der Waals surface area (Å²) in [5, 5.41) is 0. The number of rotatable bonds is 1. The van der Waals surface area contributed by atoms with Crippen molar-refractivity contribution >= 4 is 6.21 Å². The highest BCUT2D eigenvalue weighted by Crippen LogP contribution is 1.67. The van der Waals surface area contributed by atoms with E-state index >= 15 is 0 Å². The molecule has 0 aliphatic heterocycles. The number of hydrogen-bond donors (Lipinski definition) is 2. The van der Waals surface area contributed by atoms with Gasteiger partial charge in [0.1, 0.15) is 0 Å². The van der Waals surface area contributed by atoms with Crippen molar-refractivity contribution in [1.29, 1.82) is 0 Å². The topological polar surface area (TPSA) is 64.4 Å². The fraction of sp³-hybridized carbons (Fsp3) is 0.250. The summed E-state index contributed by atoms with van der Waals surface area (Å²) >= 11 is 0. The molecule has 0 heterocycles. The van der Waals surface area contributed by atoms with Gasteiger partial charge in [0.15, 0.2) is 0 Å². The maximum Gasteiger partial charge on any atom is 0.0652 e. The van der Waals surface area contributed by atoms with Gasteiger partial charge in [0, 0.05) is 19.5 Å². The molecule has 40 valence electrons. The van der Waals surface area contributed by atoms with Crippen molar-refractivity contribution < 1.29 is 0 Å². The van der Waals surface area contributed by atoms with Crippen molar-refractivity contribution in [2.75, 3.05) is 7.05 Å². The molecule has 0 aromatic rings. The summed E-state index contributed by atoms with van der Waals surface area (Å²) in [5.74, 6) is 0. The fourth-order valence-electron chi connectivity index (χ4n) is 0.192. The van der Waals surface area contributed by atoms with Crippen LogP contribution in [0.25, 0.3) is 0 Å². The normalized spacial score (nSPS) is 13.0. The van der Waals surface area contributed by atoms with Crippen LogP contribution >= 0.6 is 0 Å². The van der Waals surface area contributed by atoms with Gasteiger partial charge in [-0.25, -0.2) is 0 Å². The third kappa shape index (κ3) is 2.82. The first-order valence-corrected chi connectivity index (χ1v) is 1.90. The van der Waals surface area contributed by atoms with Gasteiger partial charge in [-0.2, -0.15) is 0 Å². The molecule has 0 radical (unpaired) electrons. The minimum atomic E-state index is 0.488. The van der Waals surface area contributed by atoms with Crippen LogP contribution in [-0.2, 0) is 0 Å². The van der Waals surface area contributed by atoms with E-state index in [4.69, 9.17) is 11.5 Å². The lowest BCUT2D eigenvalue weighted by atomic mass is 10.5. The zero-order chi connectivity index (χ0) is 5.70. The van der Waals surface area contributed by atoms with E-state index < -0.39 is 0 Å². The summed E-state index contributed by atoms with van der Waals surface area (Å²) in [6.45, 7) is 0. The van der Waals surface area contributed by atoms with Crippen LogP contribution in [0.15, 0.2) is 16.9 Å². The largest absolute Gasteiger partial charge is 0.403 e. The van der Waals surface area contributed by atoms with E-state index in [1.54, 1.807) is 7.05 Å². The van der Waals surface area contributed by atoms with Gasteiger partial charge in [0.25, 0.3) is 0 Å². The first-order chi connectivity index (χ1) is 3.31. The molecule has 0 aliphatic rings. The summed E-state index contributed by atoms with van der Waals surface area (Å²) in [6.07, 6.45) is 2.78. The number of allylic oxidation sites excluding steroid dienone is 1. The predicted octanol–water partition coefficient (Wildman–Crippen LogP) is -0.554. The molecule has 7 heavy (non-hydrogen) atoms. The van der Waals surface area contributed by atoms with Crippen LogP contribution in [0.4, 0.5) is 0 Å². The number of nitrogens with zero attached hydrogens (tertiary/aromatic N) is 1. The van der Waals surface area contributed by atoms with Crippen molar-refractivity contribution in [3.05, 3.63) is 11.9 Å². The van der Waals surface area contributed by atoms with Crippen LogP contribution in [0.3, 0.4) is 0 Å². The molecule has 0 atom stereocenters. The van der Waals surface area contributed by atoms with Gasteiger partial charge in [-0.05, 0) is 0 Å². The van der Waals surface area contributed by atoms with E-state index in [2.05, 4.69) is 4.99 Å². The molecule has 0 aliphatic carbocycles. The summed E-state index contributed by atoms with van der Waals surface area (Å²) in [5.41, 5.74) is 10.6. The highest BCUT2D eigenvalue weighted by molar-refractivity contribution is 5.76. The van der Waals surface area contributed by atoms with Gasteiger partial charge in [-0.1, -0.05) is 0 Å². The van der Waals surface area contributed by atoms with Gasteiger partial charge < -0.3 is 11.5 Å². The Labute approximate surface area is 42.7 Å². The molecule has 0 spiro atoms. The third-order valence-electron chi connectivity index (χ3n) is 0.471. The van der Waals surface area contributed by atoms with E-state index in [9.17, 15) is 0 Å². The van der Waals surface area contributed by atoms with Gasteiger partial charge >= 0.3 is 0 Å². The van der Waals surface area contributed by atoms with Gasteiger partial charge in [0.2, 0.25) is 0 Å². The van der Waals surface area contributed by atoms with Gasteiger partial charge in [-0.3, -0.25) is 4.99 Å². The van der Waals surface area contributed by atoms with Crippen LogP contribution in [-0.4, -0.2) is 13.3 Å². The van der Waals surface area contributed by atoms with E-state index in [0.717, 1.165) is 0 Å². The van der Waals surface area contributed by atoms with E-state index in [1.165, 1.54) is 12.4 Å². The molecule has 0 bridgehead atoms. The van der Waals surface area contributed by atoms with Crippen LogP contribution in [0.1, 0.15) is 0 Å². The molecule has 0 aromatic carbocycles. The lowest BCUT2D eigenvalue weighted by Crippen LogP contribution is -2.00. The molecule has 0 amide bonds. The highest BCUT2D eigenvalue weighted by atomic mass is 14.7. The Morgan fingerprint density at radius 2 is 2.29 bits per heavy atom. The molecule has 0 fully saturated rings. The Bertz CT molecular complexity index is 93.1. The summed E-state index contributed by atoms with van der Waals surface area (Å²) in [6, 6.07) is 0.